The van der Waals surface area contributed by atoms with Crippen LogP contribution in [0.1, 0.15) is 26.7 Å². The number of nitrogens with zero attached hydrogens (tertiary/aromatic N) is 2. The van der Waals surface area contributed by atoms with Crippen molar-refractivity contribution >= 4 is 11.6 Å². The van der Waals surface area contributed by atoms with E-state index in [1.165, 1.54) is 12.8 Å². The molecule has 1 fully saturated rings. The van der Waals surface area contributed by atoms with Crippen molar-refractivity contribution in [3.63, 3.8) is 0 Å². The van der Waals surface area contributed by atoms with Crippen molar-refractivity contribution < 1.29 is 8.78 Å². The molecule has 0 aromatic carbocycles. The predicted octanol–water partition coefficient (Wildman–Crippen LogP) is 2.69. The Morgan fingerprint density at radius 2 is 1.80 bits per heavy atom. The highest BCUT2D eigenvalue weighted by Crippen LogP contribution is 2.19. The second-order valence-corrected chi connectivity index (χ2v) is 5.15. The fourth-order valence-electron chi connectivity index (χ4n) is 2.44. The second kappa shape index (κ2) is 6.83. The zero-order chi connectivity index (χ0) is 14.5. The van der Waals surface area contributed by atoms with Gasteiger partial charge in [-0.2, -0.15) is 0 Å². The number of nitrogens with one attached hydrogen (secondary N) is 2. The largest absolute Gasteiger partial charge is 0.368 e. The minimum absolute atomic E-state index is 0.0882. The Labute approximate surface area is 118 Å². The third-order valence-corrected chi connectivity index (χ3v) is 3.60. The molecule has 0 radical (unpaired) electrons. The van der Waals surface area contributed by atoms with Gasteiger partial charge in [-0.1, -0.05) is 0 Å². The first-order valence-corrected chi connectivity index (χ1v) is 7.19. The maximum Gasteiger partial charge on any atom is 0.168 e. The summed E-state index contributed by atoms with van der Waals surface area (Å²) in [6.45, 7) is 7.26. The van der Waals surface area contributed by atoms with E-state index in [9.17, 15) is 8.78 Å². The Morgan fingerprint density at radius 3 is 2.40 bits per heavy atom. The fourth-order valence-corrected chi connectivity index (χ4v) is 2.44. The van der Waals surface area contributed by atoms with Gasteiger partial charge >= 0.3 is 0 Å². The van der Waals surface area contributed by atoms with Crippen LogP contribution in [0.2, 0.25) is 0 Å². The number of rotatable bonds is 6. The molecule has 0 spiro atoms. The normalized spacial score (nSPS) is 17.2. The number of hydrogen-bond donors (Lipinski definition) is 2. The average Bonchev–Trinajstić information content (AvgIpc) is 2.94. The number of hydrogen-bond acceptors (Lipinski definition) is 4. The molecule has 1 aliphatic rings. The molecule has 4 nitrogen and oxygen atoms in total. The first-order valence-electron chi connectivity index (χ1n) is 7.19. The maximum atomic E-state index is 13.7. The Bertz CT molecular complexity index is 447. The average molecular weight is 284 g/mol. The topological polar surface area (TPSA) is 40.2 Å². The molecule has 2 N–H and O–H groups in total. The van der Waals surface area contributed by atoms with Crippen molar-refractivity contribution in [2.24, 2.45) is 0 Å². The first kappa shape index (κ1) is 15.0. The lowest BCUT2D eigenvalue weighted by atomic mass is 10.3. The van der Waals surface area contributed by atoms with Crippen molar-refractivity contribution in [2.45, 2.75) is 32.7 Å². The molecule has 1 unspecified atom stereocenters. The molecule has 20 heavy (non-hydrogen) atoms. The van der Waals surface area contributed by atoms with Crippen molar-refractivity contribution in [1.29, 1.82) is 0 Å². The summed E-state index contributed by atoms with van der Waals surface area (Å²) in [4.78, 5) is 6.33. The lowest BCUT2D eigenvalue weighted by Gasteiger charge is -2.24. The van der Waals surface area contributed by atoms with Gasteiger partial charge in [-0.05, 0) is 39.8 Å². The van der Waals surface area contributed by atoms with Gasteiger partial charge in [0.05, 0.1) is 0 Å². The lowest BCUT2D eigenvalue weighted by molar-refractivity contribution is 0.269. The van der Waals surface area contributed by atoms with Crippen molar-refractivity contribution in [2.75, 3.05) is 36.8 Å². The van der Waals surface area contributed by atoms with Crippen LogP contribution in [0.5, 0.6) is 0 Å². The van der Waals surface area contributed by atoms with Gasteiger partial charge in [-0.25, -0.2) is 13.8 Å². The summed E-state index contributed by atoms with van der Waals surface area (Å²) in [6.07, 6.45) is 2.44. The van der Waals surface area contributed by atoms with E-state index in [1.54, 1.807) is 0 Å². The minimum Gasteiger partial charge on any atom is -0.368 e. The van der Waals surface area contributed by atoms with Gasteiger partial charge in [0.2, 0.25) is 0 Å². The first-order chi connectivity index (χ1) is 9.61. The molecule has 1 aliphatic heterocycles. The number of anilines is 2. The van der Waals surface area contributed by atoms with Gasteiger partial charge in [0, 0.05) is 25.2 Å². The molecule has 1 saturated heterocycles. The van der Waals surface area contributed by atoms with Crippen LogP contribution in [0.3, 0.4) is 0 Å². The van der Waals surface area contributed by atoms with Gasteiger partial charge in [0.15, 0.2) is 23.3 Å². The van der Waals surface area contributed by atoms with Crippen LogP contribution in [0.25, 0.3) is 0 Å². The van der Waals surface area contributed by atoms with Crippen LogP contribution in [-0.4, -0.2) is 42.1 Å². The third-order valence-electron chi connectivity index (χ3n) is 3.60. The molecule has 1 atom stereocenters. The lowest BCUT2D eigenvalue weighted by Crippen LogP contribution is -2.35. The summed E-state index contributed by atoms with van der Waals surface area (Å²) in [5, 5.41) is 5.76. The van der Waals surface area contributed by atoms with E-state index in [0.717, 1.165) is 19.2 Å². The van der Waals surface area contributed by atoms with Crippen molar-refractivity contribution in [1.82, 2.24) is 9.88 Å². The number of aromatic nitrogens is 1. The quantitative estimate of drug-likeness (QED) is 0.842. The van der Waals surface area contributed by atoms with E-state index in [1.807, 2.05) is 6.92 Å². The Hall–Kier alpha value is -1.43. The molecule has 1 aromatic heterocycles. The highest BCUT2D eigenvalue weighted by atomic mass is 19.1. The van der Waals surface area contributed by atoms with E-state index in [-0.39, 0.29) is 11.6 Å². The van der Waals surface area contributed by atoms with E-state index < -0.39 is 11.6 Å². The van der Waals surface area contributed by atoms with Gasteiger partial charge in [0.1, 0.15) is 0 Å². The molecule has 2 rings (SSSR count). The number of halogens is 2. The predicted molar refractivity (Wildman–Crippen MR) is 77.1 cm³/mol. The Balaban J connectivity index is 1.99. The third kappa shape index (κ3) is 3.56. The van der Waals surface area contributed by atoms with Gasteiger partial charge < -0.3 is 10.6 Å². The highest BCUT2D eigenvalue weighted by molar-refractivity contribution is 5.47. The van der Waals surface area contributed by atoms with Crippen LogP contribution in [0, 0.1) is 11.6 Å². The fraction of sp³-hybridized carbons (Fsp3) is 0.643. The molecule has 6 heteroatoms. The van der Waals surface area contributed by atoms with Gasteiger partial charge in [0.25, 0.3) is 0 Å². The van der Waals surface area contributed by atoms with Gasteiger partial charge in [-0.3, -0.25) is 4.90 Å². The molecule has 0 saturated carbocycles. The molecule has 0 amide bonds. The molecular formula is C14H22F2N4. The van der Waals surface area contributed by atoms with Crippen molar-refractivity contribution in [3.8, 4) is 0 Å². The zero-order valence-electron chi connectivity index (χ0n) is 12.0. The summed E-state index contributed by atoms with van der Waals surface area (Å²) < 4.78 is 27.2. The van der Waals surface area contributed by atoms with Crippen molar-refractivity contribution in [3.05, 3.63) is 17.7 Å². The van der Waals surface area contributed by atoms with Crippen LogP contribution >= 0.6 is 0 Å². The minimum atomic E-state index is -0.664. The van der Waals surface area contributed by atoms with E-state index >= 15 is 0 Å². The smallest absolute Gasteiger partial charge is 0.168 e. The summed E-state index contributed by atoms with van der Waals surface area (Å²) in [5.41, 5.74) is 0. The Kier molecular flexibility index (Phi) is 5.11. The van der Waals surface area contributed by atoms with Crippen LogP contribution in [-0.2, 0) is 0 Å². The number of pyridine rings is 1. The standard InChI is InChI=1S/C14H22F2N4/c1-3-17-13-11(15)8-12(16)14(19-13)18-9-10(2)20-6-4-5-7-20/h8,10H,3-7,9H2,1-2H3,(H2,17,18,19). The molecule has 1 aromatic rings. The van der Waals surface area contributed by atoms with Crippen LogP contribution in [0.4, 0.5) is 20.4 Å². The van der Waals surface area contributed by atoms with E-state index in [4.69, 9.17) is 0 Å². The van der Waals surface area contributed by atoms with E-state index in [0.29, 0.717) is 19.1 Å². The summed E-state index contributed by atoms with van der Waals surface area (Å²) in [6, 6.07) is 1.18. The monoisotopic (exact) mass is 284 g/mol. The molecular weight excluding hydrogens is 262 g/mol. The molecule has 0 aliphatic carbocycles. The molecule has 112 valence electrons. The van der Waals surface area contributed by atoms with Gasteiger partial charge in [-0.15, -0.1) is 0 Å². The van der Waals surface area contributed by atoms with E-state index in [2.05, 4.69) is 27.4 Å². The SMILES string of the molecule is CCNc1nc(NCC(C)N2CCCC2)c(F)cc1F. The molecule has 0 bridgehead atoms. The molecule has 2 heterocycles. The number of likely N-dealkylation sites (tertiary alicyclic amines) is 1. The summed E-state index contributed by atoms with van der Waals surface area (Å²) in [7, 11) is 0. The zero-order valence-corrected chi connectivity index (χ0v) is 12.0. The second-order valence-electron chi connectivity index (χ2n) is 5.15. The Morgan fingerprint density at radius 1 is 1.20 bits per heavy atom. The summed E-state index contributed by atoms with van der Waals surface area (Å²) >= 11 is 0. The highest BCUT2D eigenvalue weighted by Gasteiger charge is 2.18. The van der Waals surface area contributed by atoms with Crippen LogP contribution in [0.15, 0.2) is 6.07 Å². The maximum absolute atomic E-state index is 13.7. The summed E-state index contributed by atoms with van der Waals surface area (Å²) in [5.74, 6) is -1.13. The van der Waals surface area contributed by atoms with Crippen LogP contribution < -0.4 is 10.6 Å².